The van der Waals surface area contributed by atoms with Crippen molar-refractivity contribution in [2.24, 2.45) is 0 Å². The summed E-state index contributed by atoms with van der Waals surface area (Å²) >= 11 is 0. The standard InChI is InChI=1S/C15H17NO3/c1-3-18-12-8-11(16)9-13(10-12)19-15-7-5-4-6-14(15)17-2/h4-10H,3,16H2,1-2H3. The van der Waals surface area contributed by atoms with Crippen molar-refractivity contribution in [2.75, 3.05) is 19.5 Å². The van der Waals surface area contributed by atoms with Crippen LogP contribution in [0.15, 0.2) is 42.5 Å². The summed E-state index contributed by atoms with van der Waals surface area (Å²) in [5.74, 6) is 2.61. The Bertz CT molecular complexity index is 555. The molecule has 2 rings (SSSR count). The number of hydrogen-bond donors (Lipinski definition) is 1. The molecule has 0 aromatic heterocycles. The largest absolute Gasteiger partial charge is 0.494 e. The van der Waals surface area contributed by atoms with Crippen LogP contribution >= 0.6 is 0 Å². The van der Waals surface area contributed by atoms with Gasteiger partial charge < -0.3 is 19.9 Å². The summed E-state index contributed by atoms with van der Waals surface area (Å²) in [5.41, 5.74) is 6.42. The third-order valence-corrected chi connectivity index (χ3v) is 2.51. The fourth-order valence-corrected chi connectivity index (χ4v) is 1.73. The van der Waals surface area contributed by atoms with Crippen molar-refractivity contribution in [2.45, 2.75) is 6.92 Å². The molecule has 0 spiro atoms. The minimum absolute atomic E-state index is 0.581. The quantitative estimate of drug-likeness (QED) is 0.835. The minimum atomic E-state index is 0.581. The molecule has 4 nitrogen and oxygen atoms in total. The molecule has 0 radical (unpaired) electrons. The molecule has 0 aliphatic heterocycles. The molecule has 0 saturated carbocycles. The number of nitrogens with two attached hydrogens (primary N) is 1. The third kappa shape index (κ3) is 3.31. The second-order valence-corrected chi connectivity index (χ2v) is 3.92. The van der Waals surface area contributed by atoms with Crippen molar-refractivity contribution < 1.29 is 14.2 Å². The zero-order valence-corrected chi connectivity index (χ0v) is 11.1. The number of para-hydroxylation sites is 2. The second kappa shape index (κ2) is 6.00. The Kier molecular flexibility index (Phi) is 4.13. The Labute approximate surface area is 112 Å². The van der Waals surface area contributed by atoms with Gasteiger partial charge in [-0.15, -0.1) is 0 Å². The molecular weight excluding hydrogens is 242 g/mol. The van der Waals surface area contributed by atoms with E-state index in [0.717, 1.165) is 0 Å². The van der Waals surface area contributed by atoms with E-state index in [1.807, 2.05) is 31.2 Å². The number of rotatable bonds is 5. The van der Waals surface area contributed by atoms with Crippen LogP contribution in [0.4, 0.5) is 5.69 Å². The molecule has 0 amide bonds. The highest BCUT2D eigenvalue weighted by Gasteiger charge is 2.06. The summed E-state index contributed by atoms with van der Waals surface area (Å²) in [4.78, 5) is 0. The van der Waals surface area contributed by atoms with Gasteiger partial charge in [0.1, 0.15) is 11.5 Å². The van der Waals surface area contributed by atoms with Gasteiger partial charge in [0.2, 0.25) is 0 Å². The number of methoxy groups -OCH3 is 1. The van der Waals surface area contributed by atoms with Crippen LogP contribution < -0.4 is 19.9 Å². The first-order valence-corrected chi connectivity index (χ1v) is 6.07. The molecule has 0 heterocycles. The summed E-state index contributed by atoms with van der Waals surface area (Å²) in [7, 11) is 1.60. The average Bonchev–Trinajstić information content (AvgIpc) is 2.39. The van der Waals surface area contributed by atoms with Crippen molar-refractivity contribution in [1.29, 1.82) is 0 Å². The smallest absolute Gasteiger partial charge is 0.169 e. The predicted octanol–water partition coefficient (Wildman–Crippen LogP) is 3.47. The van der Waals surface area contributed by atoms with Gasteiger partial charge >= 0.3 is 0 Å². The molecule has 4 heteroatoms. The molecular formula is C15H17NO3. The van der Waals surface area contributed by atoms with Crippen LogP contribution in [0, 0.1) is 0 Å². The highest BCUT2D eigenvalue weighted by molar-refractivity contribution is 5.52. The van der Waals surface area contributed by atoms with Gasteiger partial charge in [0.15, 0.2) is 11.5 Å². The van der Waals surface area contributed by atoms with Gasteiger partial charge in [-0.3, -0.25) is 0 Å². The Morgan fingerprint density at radius 1 is 1.00 bits per heavy atom. The molecule has 2 N–H and O–H groups in total. The maximum Gasteiger partial charge on any atom is 0.169 e. The lowest BCUT2D eigenvalue weighted by atomic mass is 10.2. The number of ether oxygens (including phenoxy) is 3. The van der Waals surface area contributed by atoms with Crippen molar-refractivity contribution in [3.8, 4) is 23.0 Å². The lowest BCUT2D eigenvalue weighted by molar-refractivity contribution is 0.337. The van der Waals surface area contributed by atoms with E-state index in [4.69, 9.17) is 19.9 Å². The summed E-state index contributed by atoms with van der Waals surface area (Å²) in [6, 6.07) is 12.7. The van der Waals surface area contributed by atoms with Crippen LogP contribution in [0.1, 0.15) is 6.92 Å². The Morgan fingerprint density at radius 2 is 1.68 bits per heavy atom. The summed E-state index contributed by atoms with van der Waals surface area (Å²) in [5, 5.41) is 0. The molecule has 19 heavy (non-hydrogen) atoms. The van der Waals surface area contributed by atoms with Crippen molar-refractivity contribution >= 4 is 5.69 Å². The highest BCUT2D eigenvalue weighted by atomic mass is 16.5. The molecule has 0 saturated heterocycles. The third-order valence-electron chi connectivity index (χ3n) is 2.51. The number of benzene rings is 2. The lowest BCUT2D eigenvalue weighted by Gasteiger charge is -2.12. The zero-order valence-electron chi connectivity index (χ0n) is 11.1. The van der Waals surface area contributed by atoms with Crippen LogP contribution in [0.5, 0.6) is 23.0 Å². The van der Waals surface area contributed by atoms with E-state index in [1.165, 1.54) is 0 Å². The van der Waals surface area contributed by atoms with E-state index in [-0.39, 0.29) is 0 Å². The van der Waals surface area contributed by atoms with Gasteiger partial charge in [-0.2, -0.15) is 0 Å². The maximum atomic E-state index is 5.82. The normalized spacial score (nSPS) is 10.0. The van der Waals surface area contributed by atoms with Gasteiger partial charge in [-0.05, 0) is 19.1 Å². The summed E-state index contributed by atoms with van der Waals surface area (Å²) in [6.07, 6.45) is 0. The Balaban J connectivity index is 2.27. The second-order valence-electron chi connectivity index (χ2n) is 3.92. The molecule has 2 aromatic carbocycles. The van der Waals surface area contributed by atoms with Gasteiger partial charge in [-0.25, -0.2) is 0 Å². The van der Waals surface area contributed by atoms with Crippen LogP contribution in [0.2, 0.25) is 0 Å². The molecule has 0 bridgehead atoms. The van der Waals surface area contributed by atoms with E-state index in [2.05, 4.69) is 0 Å². The summed E-state index contributed by atoms with van der Waals surface area (Å²) < 4.78 is 16.5. The fourth-order valence-electron chi connectivity index (χ4n) is 1.73. The molecule has 0 aliphatic carbocycles. The number of anilines is 1. The molecule has 0 atom stereocenters. The van der Waals surface area contributed by atoms with Crippen molar-refractivity contribution in [3.05, 3.63) is 42.5 Å². The van der Waals surface area contributed by atoms with E-state index in [1.54, 1.807) is 25.3 Å². The first-order chi connectivity index (χ1) is 9.22. The van der Waals surface area contributed by atoms with Crippen LogP contribution in [0.25, 0.3) is 0 Å². The highest BCUT2D eigenvalue weighted by Crippen LogP contribution is 2.33. The van der Waals surface area contributed by atoms with Crippen molar-refractivity contribution in [1.82, 2.24) is 0 Å². The fraction of sp³-hybridized carbons (Fsp3) is 0.200. The summed E-state index contributed by atoms with van der Waals surface area (Å²) in [6.45, 7) is 2.50. The predicted molar refractivity (Wildman–Crippen MR) is 75.1 cm³/mol. The molecule has 100 valence electrons. The first kappa shape index (κ1) is 13.1. The zero-order chi connectivity index (χ0) is 13.7. The topological polar surface area (TPSA) is 53.7 Å². The lowest BCUT2D eigenvalue weighted by Crippen LogP contribution is -1.95. The molecule has 2 aromatic rings. The van der Waals surface area contributed by atoms with Gasteiger partial charge in [0.25, 0.3) is 0 Å². The monoisotopic (exact) mass is 259 g/mol. The minimum Gasteiger partial charge on any atom is -0.494 e. The van der Waals surface area contributed by atoms with E-state index >= 15 is 0 Å². The Morgan fingerprint density at radius 3 is 2.37 bits per heavy atom. The van der Waals surface area contributed by atoms with E-state index < -0.39 is 0 Å². The number of nitrogen functional groups attached to an aromatic ring is 1. The van der Waals surface area contributed by atoms with Crippen LogP contribution in [-0.4, -0.2) is 13.7 Å². The van der Waals surface area contributed by atoms with Gasteiger partial charge in [0.05, 0.1) is 13.7 Å². The van der Waals surface area contributed by atoms with Crippen LogP contribution in [-0.2, 0) is 0 Å². The van der Waals surface area contributed by atoms with E-state index in [0.29, 0.717) is 35.3 Å². The first-order valence-electron chi connectivity index (χ1n) is 6.07. The maximum absolute atomic E-state index is 5.82. The molecule has 0 aliphatic rings. The molecule has 0 unspecified atom stereocenters. The van der Waals surface area contributed by atoms with Gasteiger partial charge in [-0.1, -0.05) is 12.1 Å². The van der Waals surface area contributed by atoms with Crippen LogP contribution in [0.3, 0.4) is 0 Å². The molecule has 0 fully saturated rings. The SMILES string of the molecule is CCOc1cc(N)cc(Oc2ccccc2OC)c1. The van der Waals surface area contributed by atoms with Gasteiger partial charge in [0, 0.05) is 23.9 Å². The average molecular weight is 259 g/mol. The van der Waals surface area contributed by atoms with Crippen molar-refractivity contribution in [3.63, 3.8) is 0 Å². The number of hydrogen-bond acceptors (Lipinski definition) is 4. The Hall–Kier alpha value is -2.36. The van der Waals surface area contributed by atoms with E-state index in [9.17, 15) is 0 Å².